The number of benzene rings is 1. The third kappa shape index (κ3) is 1.94. The van der Waals surface area contributed by atoms with E-state index in [9.17, 15) is 10.1 Å². The summed E-state index contributed by atoms with van der Waals surface area (Å²) in [4.78, 5) is 14.2. The number of nitrogen functional groups attached to an aromatic ring is 1. The fraction of sp³-hybridized carbons (Fsp3) is 0.200. The highest BCUT2D eigenvalue weighted by atomic mass is 16.6. The largest absolute Gasteiger partial charge is 0.397 e. The molecule has 0 saturated heterocycles. The van der Waals surface area contributed by atoms with Gasteiger partial charge in [-0.2, -0.15) is 5.10 Å². The van der Waals surface area contributed by atoms with Gasteiger partial charge in [-0.1, -0.05) is 0 Å². The quantitative estimate of drug-likeness (QED) is 0.479. The summed E-state index contributed by atoms with van der Waals surface area (Å²) in [6, 6.07) is 4.27. The fourth-order valence-corrected chi connectivity index (χ4v) is 1.60. The summed E-state index contributed by atoms with van der Waals surface area (Å²) in [5, 5.41) is 14.8. The minimum absolute atomic E-state index is 0.0410. The van der Waals surface area contributed by atoms with Crippen LogP contribution < -0.4 is 5.73 Å². The molecule has 0 aliphatic carbocycles. The van der Waals surface area contributed by atoms with Crippen LogP contribution in [0.2, 0.25) is 0 Å². The van der Waals surface area contributed by atoms with Gasteiger partial charge in [-0.3, -0.25) is 10.1 Å². The van der Waals surface area contributed by atoms with Crippen LogP contribution in [0.4, 0.5) is 11.4 Å². The lowest BCUT2D eigenvalue weighted by Gasteiger charge is -2.06. The van der Waals surface area contributed by atoms with Gasteiger partial charge in [-0.05, 0) is 19.9 Å². The second-order valence-electron chi connectivity index (χ2n) is 3.62. The first-order valence-electron chi connectivity index (χ1n) is 4.93. The predicted octanol–water partition coefficient (Wildman–Crippen LogP) is 1.37. The van der Waals surface area contributed by atoms with Gasteiger partial charge in [-0.25, -0.2) is 9.67 Å². The number of hydrogen-bond acceptors (Lipinski definition) is 5. The number of nitrogens with zero attached hydrogens (tertiary/aromatic N) is 4. The molecule has 0 bridgehead atoms. The van der Waals surface area contributed by atoms with E-state index < -0.39 is 4.92 Å². The lowest BCUT2D eigenvalue weighted by Crippen LogP contribution is -2.04. The van der Waals surface area contributed by atoms with Crippen LogP contribution in [0, 0.1) is 24.0 Å². The van der Waals surface area contributed by atoms with Crippen LogP contribution in [0.5, 0.6) is 0 Å². The second kappa shape index (κ2) is 3.85. The number of nitro benzene ring substituents is 1. The molecule has 2 rings (SSSR count). The summed E-state index contributed by atoms with van der Waals surface area (Å²) < 4.78 is 1.56. The number of rotatable bonds is 2. The average molecular weight is 233 g/mol. The van der Waals surface area contributed by atoms with Crippen molar-refractivity contribution in [3.05, 3.63) is 40.0 Å². The van der Waals surface area contributed by atoms with Crippen molar-refractivity contribution in [2.45, 2.75) is 13.8 Å². The van der Waals surface area contributed by atoms with E-state index in [1.165, 1.54) is 12.1 Å². The van der Waals surface area contributed by atoms with Gasteiger partial charge >= 0.3 is 0 Å². The molecule has 7 heteroatoms. The summed E-state index contributed by atoms with van der Waals surface area (Å²) in [5.41, 5.74) is 6.63. The molecule has 1 aromatic heterocycles. The average Bonchev–Trinajstić information content (AvgIpc) is 2.57. The number of nitrogens with two attached hydrogens (primary N) is 1. The number of nitro groups is 1. The van der Waals surface area contributed by atoms with Gasteiger partial charge < -0.3 is 5.73 Å². The Bertz CT molecular complexity index is 590. The van der Waals surface area contributed by atoms with Crippen LogP contribution >= 0.6 is 0 Å². The Hall–Kier alpha value is -2.44. The Labute approximate surface area is 97.0 Å². The summed E-state index contributed by atoms with van der Waals surface area (Å²) in [6.07, 6.45) is 0. The zero-order valence-corrected chi connectivity index (χ0v) is 9.41. The molecule has 1 heterocycles. The van der Waals surface area contributed by atoms with Gasteiger partial charge in [-0.15, -0.1) is 0 Å². The van der Waals surface area contributed by atoms with Gasteiger partial charge in [0.2, 0.25) is 0 Å². The Balaban J connectivity index is 2.54. The van der Waals surface area contributed by atoms with Gasteiger partial charge in [0.1, 0.15) is 11.6 Å². The molecule has 7 nitrogen and oxygen atoms in total. The van der Waals surface area contributed by atoms with Crippen molar-refractivity contribution in [3.8, 4) is 5.69 Å². The zero-order valence-electron chi connectivity index (χ0n) is 9.41. The molecule has 0 unspecified atom stereocenters. The normalized spacial score (nSPS) is 10.5. The lowest BCUT2D eigenvalue weighted by molar-refractivity contribution is -0.384. The van der Waals surface area contributed by atoms with Crippen molar-refractivity contribution in [3.63, 3.8) is 0 Å². The fourth-order valence-electron chi connectivity index (χ4n) is 1.60. The van der Waals surface area contributed by atoms with Gasteiger partial charge in [0, 0.05) is 12.1 Å². The summed E-state index contributed by atoms with van der Waals surface area (Å²) >= 11 is 0. The molecule has 1 aromatic carbocycles. The first kappa shape index (κ1) is 11.1. The van der Waals surface area contributed by atoms with Crippen molar-refractivity contribution in [2.75, 3.05) is 5.73 Å². The van der Waals surface area contributed by atoms with Crippen LogP contribution in [0.25, 0.3) is 5.69 Å². The molecule has 2 N–H and O–H groups in total. The maximum atomic E-state index is 10.6. The molecular weight excluding hydrogens is 222 g/mol. The number of aromatic nitrogens is 3. The molecule has 0 aliphatic rings. The van der Waals surface area contributed by atoms with Gasteiger partial charge in [0.15, 0.2) is 0 Å². The highest BCUT2D eigenvalue weighted by Crippen LogP contribution is 2.23. The third-order valence-corrected chi connectivity index (χ3v) is 2.32. The first-order valence-corrected chi connectivity index (χ1v) is 4.93. The standard InChI is InChI=1S/C10H11N5O2/c1-6-12-7(2)14(13-6)10-4-3-8(15(16)17)5-9(10)11/h3-5H,11H2,1-2H3. The lowest BCUT2D eigenvalue weighted by atomic mass is 10.2. The van der Waals surface area contributed by atoms with Crippen LogP contribution in [0.1, 0.15) is 11.6 Å². The van der Waals surface area contributed by atoms with E-state index in [4.69, 9.17) is 5.73 Å². The minimum atomic E-state index is -0.487. The molecule has 17 heavy (non-hydrogen) atoms. The number of non-ortho nitro benzene ring substituents is 1. The highest BCUT2D eigenvalue weighted by molar-refractivity contribution is 5.62. The van der Waals surface area contributed by atoms with Gasteiger partial charge in [0.05, 0.1) is 16.3 Å². The van der Waals surface area contributed by atoms with Crippen LogP contribution in [-0.4, -0.2) is 19.7 Å². The Morgan fingerprint density at radius 2 is 2.12 bits per heavy atom. The highest BCUT2D eigenvalue weighted by Gasteiger charge is 2.12. The Morgan fingerprint density at radius 3 is 2.59 bits per heavy atom. The van der Waals surface area contributed by atoms with Crippen molar-refractivity contribution >= 4 is 11.4 Å². The minimum Gasteiger partial charge on any atom is -0.397 e. The van der Waals surface area contributed by atoms with Crippen molar-refractivity contribution in [2.24, 2.45) is 0 Å². The summed E-state index contributed by atoms with van der Waals surface area (Å²) in [6.45, 7) is 3.56. The Kier molecular flexibility index (Phi) is 2.51. The molecular formula is C10H11N5O2. The van der Waals surface area contributed by atoms with E-state index in [1.54, 1.807) is 24.6 Å². The molecule has 0 saturated carbocycles. The van der Waals surface area contributed by atoms with Crippen LogP contribution in [-0.2, 0) is 0 Å². The van der Waals surface area contributed by atoms with Crippen molar-refractivity contribution < 1.29 is 4.92 Å². The van der Waals surface area contributed by atoms with E-state index in [2.05, 4.69) is 10.1 Å². The molecule has 0 spiro atoms. The van der Waals surface area contributed by atoms with Crippen LogP contribution in [0.15, 0.2) is 18.2 Å². The summed E-state index contributed by atoms with van der Waals surface area (Å²) in [5.74, 6) is 1.31. The maximum absolute atomic E-state index is 10.6. The smallest absolute Gasteiger partial charge is 0.271 e. The number of hydrogen-bond donors (Lipinski definition) is 1. The maximum Gasteiger partial charge on any atom is 0.271 e. The molecule has 0 amide bonds. The SMILES string of the molecule is Cc1nc(C)n(-c2ccc([N+](=O)[O-])cc2N)n1. The molecule has 0 fully saturated rings. The molecule has 0 radical (unpaired) electrons. The topological polar surface area (TPSA) is 99.9 Å². The molecule has 0 atom stereocenters. The number of aryl methyl sites for hydroxylation is 2. The van der Waals surface area contributed by atoms with Crippen LogP contribution in [0.3, 0.4) is 0 Å². The third-order valence-electron chi connectivity index (χ3n) is 2.32. The van der Waals surface area contributed by atoms with Crippen molar-refractivity contribution in [1.29, 1.82) is 0 Å². The zero-order chi connectivity index (χ0) is 12.6. The predicted molar refractivity (Wildman–Crippen MR) is 61.9 cm³/mol. The number of anilines is 1. The van der Waals surface area contributed by atoms with E-state index in [0.29, 0.717) is 23.0 Å². The van der Waals surface area contributed by atoms with Crippen molar-refractivity contribution in [1.82, 2.24) is 14.8 Å². The Morgan fingerprint density at radius 1 is 1.41 bits per heavy atom. The van der Waals surface area contributed by atoms with E-state index in [-0.39, 0.29) is 5.69 Å². The molecule has 2 aromatic rings. The molecule has 88 valence electrons. The van der Waals surface area contributed by atoms with E-state index >= 15 is 0 Å². The van der Waals surface area contributed by atoms with Gasteiger partial charge in [0.25, 0.3) is 5.69 Å². The monoisotopic (exact) mass is 233 g/mol. The van der Waals surface area contributed by atoms with E-state index in [0.717, 1.165) is 0 Å². The first-order chi connectivity index (χ1) is 7.99. The summed E-state index contributed by atoms with van der Waals surface area (Å²) in [7, 11) is 0. The second-order valence-corrected chi connectivity index (χ2v) is 3.62. The van der Waals surface area contributed by atoms with E-state index in [1.807, 2.05) is 0 Å². The molecule has 0 aliphatic heterocycles.